The van der Waals surface area contributed by atoms with Crippen molar-refractivity contribution >= 4 is 11.6 Å². The van der Waals surface area contributed by atoms with E-state index in [9.17, 15) is 9.18 Å². The predicted octanol–water partition coefficient (Wildman–Crippen LogP) is 3.54. The zero-order chi connectivity index (χ0) is 16.7. The fourth-order valence-electron chi connectivity index (χ4n) is 2.33. The number of aromatic nitrogens is 2. The van der Waals surface area contributed by atoms with Gasteiger partial charge in [0.25, 0.3) is 0 Å². The number of rotatable bonds is 2. The van der Waals surface area contributed by atoms with E-state index >= 15 is 0 Å². The third-order valence-electron chi connectivity index (χ3n) is 3.16. The van der Waals surface area contributed by atoms with E-state index in [1.165, 1.54) is 6.07 Å². The van der Waals surface area contributed by atoms with Crippen molar-refractivity contribution < 1.29 is 13.9 Å². The molecular weight excluding hydrogens is 285 g/mol. The molecule has 2 aromatic rings. The molecule has 0 aliphatic rings. The van der Waals surface area contributed by atoms with Gasteiger partial charge in [-0.3, -0.25) is 4.40 Å². The molecule has 0 saturated carbocycles. The lowest BCUT2D eigenvalue weighted by Crippen LogP contribution is -2.44. The highest BCUT2D eigenvalue weighted by Crippen LogP contribution is 2.24. The zero-order valence-corrected chi connectivity index (χ0v) is 13.8. The molecule has 0 saturated heterocycles. The van der Waals surface area contributed by atoms with Crippen molar-refractivity contribution in [3.8, 4) is 0 Å². The molecule has 0 atom stereocenters. The van der Waals surface area contributed by atoms with Crippen molar-refractivity contribution in [3.63, 3.8) is 0 Å². The lowest BCUT2D eigenvalue weighted by Gasteiger charge is -2.27. The van der Waals surface area contributed by atoms with Gasteiger partial charge in [-0.05, 0) is 53.7 Å². The smallest absolute Gasteiger partial charge is 0.408 e. The first-order chi connectivity index (χ1) is 10.0. The van der Waals surface area contributed by atoms with Gasteiger partial charge in [0, 0.05) is 6.20 Å². The Bertz CT molecular complexity index is 714. The molecule has 0 spiro atoms. The topological polar surface area (TPSA) is 55.6 Å². The average molecular weight is 307 g/mol. The highest BCUT2D eigenvalue weighted by atomic mass is 19.1. The number of halogens is 1. The number of fused-ring (bicyclic) bond motifs is 1. The fourth-order valence-corrected chi connectivity index (χ4v) is 2.33. The summed E-state index contributed by atoms with van der Waals surface area (Å²) in [5, 5.41) is 2.79. The zero-order valence-electron chi connectivity index (χ0n) is 13.8. The van der Waals surface area contributed by atoms with Crippen LogP contribution in [0.15, 0.2) is 18.3 Å². The summed E-state index contributed by atoms with van der Waals surface area (Å²) in [7, 11) is 0. The molecule has 5 nitrogen and oxygen atoms in total. The lowest BCUT2D eigenvalue weighted by molar-refractivity contribution is 0.0465. The van der Waals surface area contributed by atoms with Crippen LogP contribution in [0.3, 0.4) is 0 Å². The van der Waals surface area contributed by atoms with E-state index in [4.69, 9.17) is 4.74 Å². The standard InChI is InChI=1S/C16H22FN3O2/c1-10-12-11(17)8-7-9-20(12)13(18-10)16(5,6)19-14(21)22-15(2,3)4/h7-9H,1-6H3,(H,19,21). The van der Waals surface area contributed by atoms with Crippen LogP contribution in [0.2, 0.25) is 0 Å². The Morgan fingerprint density at radius 1 is 1.32 bits per heavy atom. The third-order valence-corrected chi connectivity index (χ3v) is 3.16. The number of nitrogens with one attached hydrogen (secondary N) is 1. The summed E-state index contributed by atoms with van der Waals surface area (Å²) >= 11 is 0. The number of imidazole rings is 1. The van der Waals surface area contributed by atoms with Gasteiger partial charge in [-0.1, -0.05) is 0 Å². The molecule has 0 radical (unpaired) electrons. The first kappa shape index (κ1) is 16.3. The average Bonchev–Trinajstić information content (AvgIpc) is 2.65. The minimum atomic E-state index is -0.812. The first-order valence-corrected chi connectivity index (χ1v) is 7.16. The van der Waals surface area contributed by atoms with Crippen molar-refractivity contribution in [3.05, 3.63) is 35.7 Å². The number of ether oxygens (including phenoxy) is 1. The molecule has 0 fully saturated rings. The molecule has 2 heterocycles. The molecule has 0 bridgehead atoms. The third kappa shape index (κ3) is 3.21. The van der Waals surface area contributed by atoms with Crippen molar-refractivity contribution in [1.82, 2.24) is 14.7 Å². The minimum Gasteiger partial charge on any atom is -0.444 e. The molecule has 0 unspecified atom stereocenters. The lowest BCUT2D eigenvalue weighted by atomic mass is 10.1. The van der Waals surface area contributed by atoms with Gasteiger partial charge in [0.15, 0.2) is 0 Å². The van der Waals surface area contributed by atoms with Gasteiger partial charge in [-0.25, -0.2) is 14.2 Å². The first-order valence-electron chi connectivity index (χ1n) is 7.16. The molecule has 1 amide bonds. The van der Waals surface area contributed by atoms with Crippen molar-refractivity contribution in [2.24, 2.45) is 0 Å². The second kappa shape index (κ2) is 5.26. The van der Waals surface area contributed by atoms with E-state index in [-0.39, 0.29) is 5.82 Å². The molecule has 6 heteroatoms. The maximum atomic E-state index is 14.0. The van der Waals surface area contributed by atoms with Crippen molar-refractivity contribution in [1.29, 1.82) is 0 Å². The molecule has 1 N–H and O–H groups in total. The van der Waals surface area contributed by atoms with Crippen LogP contribution in [-0.2, 0) is 10.3 Å². The van der Waals surface area contributed by atoms with Gasteiger partial charge in [0.2, 0.25) is 0 Å². The van der Waals surface area contributed by atoms with Gasteiger partial charge in [0.05, 0.1) is 11.2 Å². The Labute approximate surface area is 129 Å². The molecule has 0 aromatic carbocycles. The van der Waals surface area contributed by atoms with E-state index in [2.05, 4.69) is 10.3 Å². The summed E-state index contributed by atoms with van der Waals surface area (Å²) in [5.41, 5.74) is -0.409. The molecule has 22 heavy (non-hydrogen) atoms. The number of aryl methyl sites for hydroxylation is 1. The summed E-state index contributed by atoms with van der Waals surface area (Å²) in [6.45, 7) is 10.7. The van der Waals surface area contributed by atoms with Gasteiger partial charge < -0.3 is 10.1 Å². The second-order valence-corrected chi connectivity index (χ2v) is 6.85. The summed E-state index contributed by atoms with van der Waals surface area (Å²) in [6.07, 6.45) is 1.19. The van der Waals surface area contributed by atoms with Crippen LogP contribution in [0, 0.1) is 12.7 Å². The van der Waals surface area contributed by atoms with Crippen molar-refractivity contribution in [2.45, 2.75) is 52.7 Å². The number of hydrogen-bond acceptors (Lipinski definition) is 3. The number of carbonyl (C=O) groups is 1. The number of amides is 1. The highest BCUT2D eigenvalue weighted by molar-refractivity contribution is 5.69. The van der Waals surface area contributed by atoms with Crippen molar-refractivity contribution in [2.75, 3.05) is 0 Å². The minimum absolute atomic E-state index is 0.341. The van der Waals surface area contributed by atoms with Gasteiger partial charge in [0.1, 0.15) is 22.8 Å². The van der Waals surface area contributed by atoms with Crippen LogP contribution >= 0.6 is 0 Å². The Morgan fingerprint density at radius 3 is 2.55 bits per heavy atom. The Kier molecular flexibility index (Phi) is 3.89. The molecule has 2 aromatic heterocycles. The van der Waals surface area contributed by atoms with Crippen LogP contribution < -0.4 is 5.32 Å². The number of carbonyl (C=O) groups excluding carboxylic acids is 1. The molecule has 120 valence electrons. The monoisotopic (exact) mass is 307 g/mol. The largest absolute Gasteiger partial charge is 0.444 e. The van der Waals surface area contributed by atoms with E-state index in [1.807, 2.05) is 0 Å². The summed E-state index contributed by atoms with van der Waals surface area (Å²) < 4.78 is 20.9. The van der Waals surface area contributed by atoms with E-state index < -0.39 is 17.2 Å². The summed E-state index contributed by atoms with van der Waals surface area (Å²) in [5.74, 6) is 0.206. The highest BCUT2D eigenvalue weighted by Gasteiger charge is 2.31. The number of nitrogens with zero attached hydrogens (tertiary/aromatic N) is 2. The van der Waals surface area contributed by atoms with Crippen LogP contribution in [0.1, 0.15) is 46.1 Å². The van der Waals surface area contributed by atoms with Gasteiger partial charge in [-0.2, -0.15) is 0 Å². The van der Waals surface area contributed by atoms with Crippen LogP contribution in [0.4, 0.5) is 9.18 Å². The Morgan fingerprint density at radius 2 is 1.95 bits per heavy atom. The number of alkyl carbamates (subject to hydrolysis) is 1. The van der Waals surface area contributed by atoms with Crippen LogP contribution in [0.5, 0.6) is 0 Å². The maximum Gasteiger partial charge on any atom is 0.408 e. The van der Waals surface area contributed by atoms with Crippen LogP contribution in [0.25, 0.3) is 5.52 Å². The maximum absolute atomic E-state index is 14.0. The number of pyridine rings is 1. The van der Waals surface area contributed by atoms with E-state index in [1.54, 1.807) is 58.2 Å². The summed E-state index contributed by atoms with van der Waals surface area (Å²) in [4.78, 5) is 16.4. The summed E-state index contributed by atoms with van der Waals surface area (Å²) in [6, 6.07) is 3.00. The molecule has 0 aliphatic carbocycles. The predicted molar refractivity (Wildman–Crippen MR) is 82.3 cm³/mol. The molecule has 0 aliphatic heterocycles. The van der Waals surface area contributed by atoms with Gasteiger partial charge >= 0.3 is 6.09 Å². The van der Waals surface area contributed by atoms with Gasteiger partial charge in [-0.15, -0.1) is 0 Å². The normalized spacial score (nSPS) is 12.5. The fraction of sp³-hybridized carbons (Fsp3) is 0.500. The Hall–Kier alpha value is -2.11. The molecular formula is C16H22FN3O2. The quantitative estimate of drug-likeness (QED) is 0.923. The number of hydrogen-bond donors (Lipinski definition) is 1. The van der Waals surface area contributed by atoms with E-state index in [0.717, 1.165) is 0 Å². The van der Waals surface area contributed by atoms with E-state index in [0.29, 0.717) is 17.0 Å². The molecule has 2 rings (SSSR count). The van der Waals surface area contributed by atoms with Crippen LogP contribution in [-0.4, -0.2) is 21.1 Å². The Balaban J connectivity index is 2.38. The SMILES string of the molecule is Cc1nc(C(C)(C)NC(=O)OC(C)(C)C)n2cccc(F)c12. The second-order valence-electron chi connectivity index (χ2n) is 6.85.